The van der Waals surface area contributed by atoms with Gasteiger partial charge in [0.15, 0.2) is 5.17 Å². The lowest BCUT2D eigenvalue weighted by Gasteiger charge is -2.20. The summed E-state index contributed by atoms with van der Waals surface area (Å²) in [6.45, 7) is 0.873. The van der Waals surface area contributed by atoms with Crippen LogP contribution in [-0.4, -0.2) is 31.0 Å². The van der Waals surface area contributed by atoms with Crippen molar-refractivity contribution in [2.45, 2.75) is 10.6 Å². The van der Waals surface area contributed by atoms with E-state index >= 15 is 0 Å². The summed E-state index contributed by atoms with van der Waals surface area (Å²) < 4.78 is 28.1. The molecule has 0 fully saturated rings. The summed E-state index contributed by atoms with van der Waals surface area (Å²) in [5.41, 5.74) is 1.18. The van der Waals surface area contributed by atoms with Gasteiger partial charge in [0, 0.05) is 5.75 Å². The van der Waals surface area contributed by atoms with Gasteiger partial charge >= 0.3 is 0 Å². The molecule has 0 bridgehead atoms. The molecule has 0 amide bonds. The van der Waals surface area contributed by atoms with Crippen LogP contribution in [0.2, 0.25) is 0 Å². The van der Waals surface area contributed by atoms with Crippen molar-refractivity contribution in [2.24, 2.45) is 4.99 Å². The molecule has 0 aromatic heterocycles. The molecular formula is C24H20N2O2S2. The van der Waals surface area contributed by atoms with Crippen molar-refractivity contribution >= 4 is 48.5 Å². The maximum Gasteiger partial charge on any atom is 0.265 e. The maximum absolute atomic E-state index is 13.3. The molecule has 30 heavy (non-hydrogen) atoms. The molecule has 1 heterocycles. The zero-order valence-corrected chi connectivity index (χ0v) is 17.9. The van der Waals surface area contributed by atoms with Gasteiger partial charge in [0.1, 0.15) is 0 Å². The Morgan fingerprint density at radius 2 is 1.57 bits per heavy atom. The number of hydrogen-bond acceptors (Lipinski definition) is 4. The molecule has 0 spiro atoms. The van der Waals surface area contributed by atoms with Gasteiger partial charge in [-0.15, -0.1) is 0 Å². The van der Waals surface area contributed by atoms with Gasteiger partial charge in [-0.3, -0.25) is 4.99 Å². The molecule has 150 valence electrons. The van der Waals surface area contributed by atoms with Gasteiger partial charge in [0.25, 0.3) is 10.0 Å². The van der Waals surface area contributed by atoms with Gasteiger partial charge in [-0.2, -0.15) is 0 Å². The zero-order chi connectivity index (χ0) is 20.6. The number of sulfonamides is 1. The van der Waals surface area contributed by atoms with Gasteiger partial charge in [-0.25, -0.2) is 12.7 Å². The maximum atomic E-state index is 13.3. The smallest absolute Gasteiger partial charge is 0.260 e. The average molecular weight is 433 g/mol. The van der Waals surface area contributed by atoms with Gasteiger partial charge in [0.05, 0.1) is 18.0 Å². The number of benzene rings is 4. The van der Waals surface area contributed by atoms with E-state index in [1.807, 2.05) is 48.5 Å². The van der Waals surface area contributed by atoms with Crippen LogP contribution in [-0.2, 0) is 15.8 Å². The van der Waals surface area contributed by atoms with Crippen LogP contribution in [0.25, 0.3) is 21.5 Å². The third kappa shape index (κ3) is 3.46. The molecule has 0 saturated heterocycles. The fraction of sp³-hybridized carbons (Fsp3) is 0.125. The van der Waals surface area contributed by atoms with E-state index in [1.165, 1.54) is 32.4 Å². The van der Waals surface area contributed by atoms with Crippen LogP contribution in [0, 0.1) is 0 Å². The molecule has 4 aromatic carbocycles. The zero-order valence-electron chi connectivity index (χ0n) is 16.2. The quantitative estimate of drug-likeness (QED) is 0.440. The van der Waals surface area contributed by atoms with Crippen LogP contribution in [0.3, 0.4) is 0 Å². The van der Waals surface area contributed by atoms with Crippen molar-refractivity contribution in [3.63, 3.8) is 0 Å². The first kappa shape index (κ1) is 19.2. The number of fused-ring (bicyclic) bond motifs is 2. The molecule has 4 aromatic rings. The number of aliphatic imine (C=N–C) groups is 1. The molecule has 0 aliphatic carbocycles. The van der Waals surface area contributed by atoms with E-state index in [0.717, 1.165) is 10.8 Å². The van der Waals surface area contributed by atoms with Crippen molar-refractivity contribution in [3.8, 4) is 0 Å². The highest BCUT2D eigenvalue weighted by atomic mass is 32.2. The summed E-state index contributed by atoms with van der Waals surface area (Å²) in [7, 11) is -3.64. The normalized spacial score (nSPS) is 14.4. The highest BCUT2D eigenvalue weighted by Gasteiger charge is 2.31. The number of thioether (sulfide) groups is 1. The van der Waals surface area contributed by atoms with Crippen LogP contribution in [0.5, 0.6) is 0 Å². The molecule has 0 N–H and O–H groups in total. The van der Waals surface area contributed by atoms with E-state index in [0.29, 0.717) is 28.9 Å². The highest BCUT2D eigenvalue weighted by molar-refractivity contribution is 8.14. The third-order valence-electron chi connectivity index (χ3n) is 5.31. The standard InChI is InChI=1S/C24H20N2O2S2/c27-30(28,22-13-12-18-6-1-2-8-20(18)16-22)26-15-14-25-24(26)29-17-21-10-5-9-19-7-3-4-11-23(19)21/h1-13,16H,14-15,17H2. The third-order valence-corrected chi connectivity index (χ3v) is 8.27. The number of rotatable bonds is 4. The molecule has 4 nitrogen and oxygen atoms in total. The Bertz CT molecular complexity index is 1380. The number of nitrogens with zero attached hydrogens (tertiary/aromatic N) is 2. The first-order valence-corrected chi connectivity index (χ1v) is 12.2. The Morgan fingerprint density at radius 3 is 2.43 bits per heavy atom. The lowest BCUT2D eigenvalue weighted by Crippen LogP contribution is -2.32. The van der Waals surface area contributed by atoms with Gasteiger partial charge in [-0.05, 0) is 39.2 Å². The fourth-order valence-electron chi connectivity index (χ4n) is 3.77. The van der Waals surface area contributed by atoms with Crippen molar-refractivity contribution in [3.05, 3.63) is 90.5 Å². The van der Waals surface area contributed by atoms with Crippen LogP contribution < -0.4 is 0 Å². The second-order valence-corrected chi connectivity index (χ2v) is 9.98. The minimum Gasteiger partial charge on any atom is -0.260 e. The van der Waals surface area contributed by atoms with E-state index < -0.39 is 10.0 Å². The Labute approximate surface area is 180 Å². The predicted octanol–water partition coefficient (Wildman–Crippen LogP) is 5.29. The summed E-state index contributed by atoms with van der Waals surface area (Å²) in [6, 6.07) is 27.5. The molecule has 1 aliphatic heterocycles. The summed E-state index contributed by atoms with van der Waals surface area (Å²) in [5, 5.41) is 4.88. The molecule has 1 aliphatic rings. The molecule has 0 unspecified atom stereocenters. The second kappa shape index (κ2) is 7.78. The van der Waals surface area contributed by atoms with E-state index in [2.05, 4.69) is 29.3 Å². The number of amidine groups is 1. The largest absolute Gasteiger partial charge is 0.265 e. The van der Waals surface area contributed by atoms with Crippen LogP contribution in [0.4, 0.5) is 0 Å². The van der Waals surface area contributed by atoms with Crippen molar-refractivity contribution in [1.29, 1.82) is 0 Å². The van der Waals surface area contributed by atoms with E-state index in [9.17, 15) is 8.42 Å². The first-order chi connectivity index (χ1) is 14.6. The summed E-state index contributed by atoms with van der Waals surface area (Å²) >= 11 is 1.48. The molecular weight excluding hydrogens is 412 g/mol. The minimum absolute atomic E-state index is 0.307. The van der Waals surface area contributed by atoms with Crippen molar-refractivity contribution < 1.29 is 8.42 Å². The Hall–Kier alpha value is -2.83. The Balaban J connectivity index is 1.41. The van der Waals surface area contributed by atoms with Gasteiger partial charge in [0.2, 0.25) is 0 Å². The monoisotopic (exact) mass is 432 g/mol. The average Bonchev–Trinajstić information content (AvgIpc) is 3.27. The molecule has 5 rings (SSSR count). The van der Waals surface area contributed by atoms with E-state index in [1.54, 1.807) is 12.1 Å². The Morgan fingerprint density at radius 1 is 0.833 bits per heavy atom. The van der Waals surface area contributed by atoms with E-state index in [4.69, 9.17) is 0 Å². The van der Waals surface area contributed by atoms with Gasteiger partial charge < -0.3 is 0 Å². The van der Waals surface area contributed by atoms with Crippen molar-refractivity contribution in [2.75, 3.05) is 13.1 Å². The highest BCUT2D eigenvalue weighted by Crippen LogP contribution is 2.29. The summed E-state index contributed by atoms with van der Waals surface area (Å²) in [5.74, 6) is 0.671. The lowest BCUT2D eigenvalue weighted by atomic mass is 10.1. The van der Waals surface area contributed by atoms with E-state index in [-0.39, 0.29) is 0 Å². The fourth-order valence-corrected chi connectivity index (χ4v) is 6.53. The molecule has 0 radical (unpaired) electrons. The van der Waals surface area contributed by atoms with Crippen LogP contribution in [0.15, 0.2) is 94.8 Å². The van der Waals surface area contributed by atoms with Gasteiger partial charge in [-0.1, -0.05) is 84.6 Å². The van der Waals surface area contributed by atoms with Crippen LogP contribution in [0.1, 0.15) is 5.56 Å². The molecule has 6 heteroatoms. The summed E-state index contributed by atoms with van der Waals surface area (Å²) in [6.07, 6.45) is 0. The SMILES string of the molecule is O=S(=O)(c1ccc2ccccc2c1)N1CCN=C1SCc1cccc2ccccc12. The predicted molar refractivity (Wildman–Crippen MR) is 125 cm³/mol. The second-order valence-electron chi connectivity index (χ2n) is 7.18. The molecule has 0 atom stereocenters. The lowest BCUT2D eigenvalue weighted by molar-refractivity contribution is 0.540. The topological polar surface area (TPSA) is 49.7 Å². The molecule has 0 saturated carbocycles. The number of hydrogen-bond donors (Lipinski definition) is 0. The summed E-state index contributed by atoms with van der Waals surface area (Å²) in [4.78, 5) is 4.80. The van der Waals surface area contributed by atoms with Crippen LogP contribution >= 0.6 is 11.8 Å². The van der Waals surface area contributed by atoms with Crippen molar-refractivity contribution in [1.82, 2.24) is 4.31 Å². The first-order valence-electron chi connectivity index (χ1n) is 9.78. The Kier molecular flexibility index (Phi) is 4.97. The minimum atomic E-state index is -3.64.